The van der Waals surface area contributed by atoms with E-state index in [4.69, 9.17) is 0 Å². The molecule has 10 rings (SSSR count). The van der Waals surface area contributed by atoms with Crippen LogP contribution in [0.15, 0.2) is 267 Å². The second-order valence-corrected chi connectivity index (χ2v) is 15.7. The molecule has 2 heteroatoms. The van der Waals surface area contributed by atoms with Gasteiger partial charge >= 0.3 is 0 Å². The number of rotatable bonds is 11. The van der Waals surface area contributed by atoms with E-state index in [1.807, 2.05) is 0 Å². The number of hydrogen-bond donors (Lipinski definition) is 0. The molecule has 0 amide bonds. The first kappa shape index (κ1) is 38.3. The normalized spacial score (nSPS) is 13.3. The lowest BCUT2D eigenvalue weighted by atomic mass is 9.91. The Bertz CT molecular complexity index is 2740. The summed E-state index contributed by atoms with van der Waals surface area (Å²) in [5.74, 6) is 0.263. The molecule has 0 bridgehead atoms. The first-order valence-corrected chi connectivity index (χ1v) is 21.4. The Hall–Kier alpha value is -7.94. The third-order valence-electron chi connectivity index (χ3n) is 11.8. The third kappa shape index (κ3) is 8.28. The highest BCUT2D eigenvalue weighted by atomic mass is 15.1. The van der Waals surface area contributed by atoms with Gasteiger partial charge < -0.3 is 9.80 Å². The molecular formula is C60H46N2. The zero-order chi connectivity index (χ0) is 41.5. The van der Waals surface area contributed by atoms with Crippen molar-refractivity contribution in [2.24, 2.45) is 0 Å². The molecule has 0 aromatic heterocycles. The van der Waals surface area contributed by atoms with Crippen LogP contribution in [0.1, 0.15) is 17.9 Å². The zero-order valence-corrected chi connectivity index (χ0v) is 34.5. The molecule has 9 aromatic carbocycles. The predicted molar refractivity (Wildman–Crippen MR) is 262 cm³/mol. The van der Waals surface area contributed by atoms with Crippen LogP contribution in [-0.4, -0.2) is 0 Å². The molecule has 0 saturated heterocycles. The van der Waals surface area contributed by atoms with Crippen molar-refractivity contribution < 1.29 is 0 Å². The van der Waals surface area contributed by atoms with Gasteiger partial charge in [0, 0.05) is 40.1 Å². The van der Waals surface area contributed by atoms with Crippen LogP contribution in [0.4, 0.5) is 28.4 Å². The van der Waals surface area contributed by atoms with Crippen LogP contribution in [0.5, 0.6) is 0 Å². The molecule has 0 fully saturated rings. The number of benzene rings is 9. The number of nitrogens with zero attached hydrogens (tertiary/aromatic N) is 2. The molecular weight excluding hydrogens is 749 g/mol. The number of anilines is 5. The highest BCUT2D eigenvalue weighted by molar-refractivity contribution is 5.80. The van der Waals surface area contributed by atoms with Crippen LogP contribution in [0, 0.1) is 0 Å². The van der Waals surface area contributed by atoms with E-state index in [0.717, 1.165) is 34.9 Å². The Morgan fingerprint density at radius 1 is 0.274 bits per heavy atom. The van der Waals surface area contributed by atoms with Gasteiger partial charge in [-0.05, 0) is 123 Å². The second kappa shape index (κ2) is 17.7. The molecule has 2 nitrogen and oxygen atoms in total. The van der Waals surface area contributed by atoms with Crippen molar-refractivity contribution in [1.82, 2.24) is 0 Å². The first-order chi connectivity index (χ1) is 30.7. The molecule has 0 aliphatic heterocycles. The van der Waals surface area contributed by atoms with E-state index in [9.17, 15) is 0 Å². The highest BCUT2D eigenvalue weighted by Crippen LogP contribution is 2.40. The minimum absolute atomic E-state index is 0.263. The van der Waals surface area contributed by atoms with E-state index < -0.39 is 0 Å². The average molecular weight is 795 g/mol. The van der Waals surface area contributed by atoms with Crippen LogP contribution in [0.3, 0.4) is 0 Å². The maximum absolute atomic E-state index is 2.39. The summed E-state index contributed by atoms with van der Waals surface area (Å²) in [5, 5.41) is 0. The Morgan fingerprint density at radius 3 is 0.839 bits per heavy atom. The van der Waals surface area contributed by atoms with E-state index in [0.29, 0.717) is 0 Å². The SMILES string of the molecule is C1=CC(c2ccc(N(c3ccc(-c4ccccc4)cc3)c3ccc(-c4ccccc4)cc3)cc2)CC=C1N(c1ccc(-c2ccccc2)cc1)c1ccc(-c2ccccc2)cc1. The van der Waals surface area contributed by atoms with Gasteiger partial charge in [0.25, 0.3) is 0 Å². The molecule has 0 N–H and O–H groups in total. The molecule has 296 valence electrons. The number of allylic oxidation sites excluding steroid dienone is 3. The lowest BCUT2D eigenvalue weighted by Gasteiger charge is -2.30. The molecule has 62 heavy (non-hydrogen) atoms. The molecule has 0 saturated carbocycles. The van der Waals surface area contributed by atoms with Crippen molar-refractivity contribution in [3.8, 4) is 44.5 Å². The second-order valence-electron chi connectivity index (χ2n) is 15.7. The topological polar surface area (TPSA) is 6.48 Å². The molecule has 1 atom stereocenters. The van der Waals surface area contributed by atoms with E-state index in [1.165, 1.54) is 55.8 Å². The fourth-order valence-corrected chi connectivity index (χ4v) is 8.52. The van der Waals surface area contributed by atoms with E-state index in [1.54, 1.807) is 0 Å². The fraction of sp³-hybridized carbons (Fsp3) is 0.0333. The van der Waals surface area contributed by atoms with Gasteiger partial charge in [-0.3, -0.25) is 0 Å². The molecule has 9 aromatic rings. The Labute approximate surface area is 365 Å². The lowest BCUT2D eigenvalue weighted by Crippen LogP contribution is -2.17. The summed E-state index contributed by atoms with van der Waals surface area (Å²) in [7, 11) is 0. The summed E-state index contributed by atoms with van der Waals surface area (Å²) in [6.07, 6.45) is 7.96. The quantitative estimate of drug-likeness (QED) is 0.129. The van der Waals surface area contributed by atoms with Crippen LogP contribution in [0.25, 0.3) is 44.5 Å². The largest absolute Gasteiger partial charge is 0.311 e. The molecule has 0 spiro atoms. The first-order valence-electron chi connectivity index (χ1n) is 21.4. The van der Waals surface area contributed by atoms with Gasteiger partial charge in [0.15, 0.2) is 0 Å². The molecule has 1 unspecified atom stereocenters. The average Bonchev–Trinajstić information content (AvgIpc) is 3.36. The Morgan fingerprint density at radius 2 is 0.548 bits per heavy atom. The maximum atomic E-state index is 2.39. The van der Waals surface area contributed by atoms with Gasteiger partial charge in [-0.15, -0.1) is 0 Å². The highest BCUT2D eigenvalue weighted by Gasteiger charge is 2.20. The van der Waals surface area contributed by atoms with Gasteiger partial charge in [0.1, 0.15) is 0 Å². The minimum atomic E-state index is 0.263. The molecule has 1 aliphatic carbocycles. The minimum Gasteiger partial charge on any atom is -0.311 e. The molecule has 0 radical (unpaired) electrons. The van der Waals surface area contributed by atoms with Crippen LogP contribution < -0.4 is 9.80 Å². The monoisotopic (exact) mass is 794 g/mol. The van der Waals surface area contributed by atoms with E-state index in [-0.39, 0.29) is 5.92 Å². The maximum Gasteiger partial charge on any atom is 0.0462 e. The summed E-state index contributed by atoms with van der Waals surface area (Å²) in [5.41, 5.74) is 17.7. The van der Waals surface area contributed by atoms with Gasteiger partial charge in [-0.25, -0.2) is 0 Å². The van der Waals surface area contributed by atoms with Gasteiger partial charge in [0.05, 0.1) is 0 Å². The van der Waals surface area contributed by atoms with Crippen molar-refractivity contribution >= 4 is 28.4 Å². The summed E-state index contributed by atoms with van der Waals surface area (Å²) >= 11 is 0. The van der Waals surface area contributed by atoms with Crippen LogP contribution in [-0.2, 0) is 0 Å². The Kier molecular flexibility index (Phi) is 10.9. The van der Waals surface area contributed by atoms with Crippen molar-refractivity contribution in [2.45, 2.75) is 12.3 Å². The smallest absolute Gasteiger partial charge is 0.0462 e. The van der Waals surface area contributed by atoms with Gasteiger partial charge in [-0.2, -0.15) is 0 Å². The summed E-state index contributed by atoms with van der Waals surface area (Å²) < 4.78 is 0. The third-order valence-corrected chi connectivity index (χ3v) is 11.8. The summed E-state index contributed by atoms with van der Waals surface area (Å²) in [6.45, 7) is 0. The molecule has 0 heterocycles. The standard InChI is InChI=1S/C60H46N2/c1-5-13-45(14-6-1)49-21-33-55(34-22-49)61(56-35-23-50(24-36-56)46-15-7-2-8-16-46)59-41-29-53(30-42-59)54-31-43-60(44-32-54)62(57-37-25-51(26-38-57)47-17-9-3-10-18-47)58-39-27-52(28-40-58)48-19-11-4-12-20-48/h1-31,33-44,54H,32H2. The fourth-order valence-electron chi connectivity index (χ4n) is 8.52. The summed E-state index contributed by atoms with van der Waals surface area (Å²) in [6, 6.07) is 87.1. The van der Waals surface area contributed by atoms with E-state index in [2.05, 4.69) is 271 Å². The van der Waals surface area contributed by atoms with Crippen LogP contribution in [0.2, 0.25) is 0 Å². The van der Waals surface area contributed by atoms with Crippen molar-refractivity contribution in [3.05, 3.63) is 272 Å². The summed E-state index contributed by atoms with van der Waals surface area (Å²) in [4.78, 5) is 4.73. The number of hydrogen-bond acceptors (Lipinski definition) is 2. The zero-order valence-electron chi connectivity index (χ0n) is 34.5. The van der Waals surface area contributed by atoms with Crippen molar-refractivity contribution in [1.29, 1.82) is 0 Å². The van der Waals surface area contributed by atoms with Crippen molar-refractivity contribution in [2.75, 3.05) is 9.80 Å². The van der Waals surface area contributed by atoms with Gasteiger partial charge in [-0.1, -0.05) is 194 Å². The van der Waals surface area contributed by atoms with Gasteiger partial charge in [0.2, 0.25) is 0 Å². The van der Waals surface area contributed by atoms with E-state index >= 15 is 0 Å². The lowest BCUT2D eigenvalue weighted by molar-refractivity contribution is 0.840. The predicted octanol–water partition coefficient (Wildman–Crippen LogP) is 16.6. The van der Waals surface area contributed by atoms with Crippen molar-refractivity contribution in [3.63, 3.8) is 0 Å². The molecule has 1 aliphatic rings. The Balaban J connectivity index is 0.929. The van der Waals surface area contributed by atoms with Crippen LogP contribution >= 0.6 is 0 Å².